The van der Waals surface area contributed by atoms with Crippen LogP contribution >= 0.6 is 11.6 Å². The second-order valence-corrected chi connectivity index (χ2v) is 5.73. The number of ether oxygens (including phenoxy) is 3. The van der Waals surface area contributed by atoms with Crippen LogP contribution in [0.1, 0.15) is 64.7 Å². The summed E-state index contributed by atoms with van der Waals surface area (Å²) in [5, 5.41) is 0. The fraction of sp³-hybridized carbons (Fsp3) is 1.00. The Kier molecular flexibility index (Phi) is 20.3. The first kappa shape index (κ1) is 21.2. The fourth-order valence-electron chi connectivity index (χ4n) is 2.11. The average molecular weight is 323 g/mol. The molecule has 0 aromatic heterocycles. The van der Waals surface area contributed by atoms with Gasteiger partial charge in [-0.15, -0.1) is 11.6 Å². The SMILES string of the molecule is CCCCCCCCCCCOCCOCCOCCCl. The van der Waals surface area contributed by atoms with Gasteiger partial charge in [-0.2, -0.15) is 0 Å². The van der Waals surface area contributed by atoms with Gasteiger partial charge in [0.1, 0.15) is 0 Å². The maximum Gasteiger partial charge on any atom is 0.0701 e. The van der Waals surface area contributed by atoms with Crippen LogP contribution in [0, 0.1) is 0 Å². The van der Waals surface area contributed by atoms with Crippen LogP contribution in [0.5, 0.6) is 0 Å². The summed E-state index contributed by atoms with van der Waals surface area (Å²) in [5.41, 5.74) is 0. The number of hydrogen-bond donors (Lipinski definition) is 0. The highest BCUT2D eigenvalue weighted by molar-refractivity contribution is 6.17. The van der Waals surface area contributed by atoms with Crippen LogP contribution in [0.3, 0.4) is 0 Å². The van der Waals surface area contributed by atoms with Gasteiger partial charge in [0.25, 0.3) is 0 Å². The minimum absolute atomic E-state index is 0.544. The summed E-state index contributed by atoms with van der Waals surface area (Å²) in [5.74, 6) is 0.544. The number of rotatable bonds is 18. The van der Waals surface area contributed by atoms with Crippen molar-refractivity contribution in [1.29, 1.82) is 0 Å². The zero-order valence-electron chi connectivity index (χ0n) is 13.9. The van der Waals surface area contributed by atoms with E-state index in [1.165, 1.54) is 57.8 Å². The predicted octanol–water partition coefficient (Wildman–Crippen LogP) is 4.81. The molecule has 0 N–H and O–H groups in total. The van der Waals surface area contributed by atoms with Gasteiger partial charge in [-0.25, -0.2) is 0 Å². The zero-order chi connectivity index (χ0) is 15.4. The third-order valence-electron chi connectivity index (χ3n) is 3.36. The van der Waals surface area contributed by atoms with Crippen LogP contribution in [-0.4, -0.2) is 45.5 Å². The molecule has 21 heavy (non-hydrogen) atoms. The van der Waals surface area contributed by atoms with E-state index in [2.05, 4.69) is 6.92 Å². The predicted molar refractivity (Wildman–Crippen MR) is 90.4 cm³/mol. The van der Waals surface area contributed by atoms with Crippen molar-refractivity contribution < 1.29 is 14.2 Å². The number of hydrogen-bond acceptors (Lipinski definition) is 3. The van der Waals surface area contributed by atoms with E-state index in [4.69, 9.17) is 25.8 Å². The molecule has 128 valence electrons. The molecule has 0 aliphatic carbocycles. The van der Waals surface area contributed by atoms with E-state index in [1.807, 2.05) is 0 Å². The van der Waals surface area contributed by atoms with E-state index in [0.717, 1.165) is 6.61 Å². The van der Waals surface area contributed by atoms with E-state index in [9.17, 15) is 0 Å². The number of unbranched alkanes of at least 4 members (excludes halogenated alkanes) is 8. The molecule has 0 heterocycles. The molecule has 0 saturated carbocycles. The second kappa shape index (κ2) is 20.2. The molecule has 0 radical (unpaired) electrons. The van der Waals surface area contributed by atoms with Crippen molar-refractivity contribution in [3.63, 3.8) is 0 Å². The van der Waals surface area contributed by atoms with Crippen molar-refractivity contribution in [3.05, 3.63) is 0 Å². The Balaban J connectivity index is 2.90. The lowest BCUT2D eigenvalue weighted by atomic mass is 10.1. The van der Waals surface area contributed by atoms with Gasteiger partial charge in [0, 0.05) is 12.5 Å². The third kappa shape index (κ3) is 20.2. The lowest BCUT2D eigenvalue weighted by molar-refractivity contribution is 0.0165. The molecule has 0 rings (SSSR count). The van der Waals surface area contributed by atoms with Crippen molar-refractivity contribution in [2.45, 2.75) is 64.7 Å². The molecular formula is C17H35ClO3. The molecule has 0 bridgehead atoms. The minimum Gasteiger partial charge on any atom is -0.379 e. The van der Waals surface area contributed by atoms with Gasteiger partial charge in [-0.1, -0.05) is 58.3 Å². The maximum atomic E-state index is 5.53. The standard InChI is InChI=1S/C17H35ClO3/c1-2-3-4-5-6-7-8-9-10-12-19-14-16-21-17-15-20-13-11-18/h2-17H2,1H3. The van der Waals surface area contributed by atoms with Crippen LogP contribution in [0.4, 0.5) is 0 Å². The summed E-state index contributed by atoms with van der Waals surface area (Å²) in [6.07, 6.45) is 12.2. The monoisotopic (exact) mass is 322 g/mol. The molecule has 0 aromatic carbocycles. The lowest BCUT2D eigenvalue weighted by Gasteiger charge is -2.06. The minimum atomic E-state index is 0.544. The van der Waals surface area contributed by atoms with Crippen molar-refractivity contribution in [3.8, 4) is 0 Å². The van der Waals surface area contributed by atoms with Gasteiger partial charge in [0.15, 0.2) is 0 Å². The highest BCUT2D eigenvalue weighted by Gasteiger charge is 1.94. The summed E-state index contributed by atoms with van der Waals surface area (Å²) in [4.78, 5) is 0. The quantitative estimate of drug-likeness (QED) is 0.268. The fourth-order valence-corrected chi connectivity index (χ4v) is 2.22. The van der Waals surface area contributed by atoms with Crippen LogP contribution in [0.15, 0.2) is 0 Å². The first-order chi connectivity index (χ1) is 10.4. The highest BCUT2D eigenvalue weighted by atomic mass is 35.5. The van der Waals surface area contributed by atoms with E-state index >= 15 is 0 Å². The van der Waals surface area contributed by atoms with Gasteiger partial charge in [-0.05, 0) is 6.42 Å². The molecule has 0 spiro atoms. The molecule has 0 aliphatic heterocycles. The van der Waals surface area contributed by atoms with E-state index in [0.29, 0.717) is 38.9 Å². The molecule has 0 aromatic rings. The molecule has 0 unspecified atom stereocenters. The third-order valence-corrected chi connectivity index (χ3v) is 3.51. The van der Waals surface area contributed by atoms with Gasteiger partial charge in [-0.3, -0.25) is 0 Å². The van der Waals surface area contributed by atoms with E-state index in [-0.39, 0.29) is 0 Å². The van der Waals surface area contributed by atoms with Gasteiger partial charge < -0.3 is 14.2 Å². The van der Waals surface area contributed by atoms with Crippen LogP contribution in [0.25, 0.3) is 0 Å². The first-order valence-corrected chi connectivity index (χ1v) is 9.24. The Hall–Kier alpha value is 0.170. The van der Waals surface area contributed by atoms with Crippen LogP contribution < -0.4 is 0 Å². The van der Waals surface area contributed by atoms with Gasteiger partial charge in [0.05, 0.1) is 33.0 Å². The summed E-state index contributed by atoms with van der Waals surface area (Å²) in [7, 11) is 0. The molecule has 0 saturated heterocycles. The van der Waals surface area contributed by atoms with Crippen molar-refractivity contribution in [2.24, 2.45) is 0 Å². The van der Waals surface area contributed by atoms with Crippen LogP contribution in [-0.2, 0) is 14.2 Å². The first-order valence-electron chi connectivity index (χ1n) is 8.71. The normalized spacial score (nSPS) is 11.1. The topological polar surface area (TPSA) is 27.7 Å². The van der Waals surface area contributed by atoms with E-state index < -0.39 is 0 Å². The van der Waals surface area contributed by atoms with E-state index in [1.54, 1.807) is 0 Å². The summed E-state index contributed by atoms with van der Waals surface area (Å²) in [6.45, 7) is 6.31. The average Bonchev–Trinajstić information content (AvgIpc) is 2.50. The van der Waals surface area contributed by atoms with Gasteiger partial charge >= 0.3 is 0 Å². The lowest BCUT2D eigenvalue weighted by Crippen LogP contribution is -2.10. The molecule has 0 aliphatic rings. The molecule has 0 amide bonds. The molecule has 0 fully saturated rings. The Morgan fingerprint density at radius 2 is 0.952 bits per heavy atom. The summed E-state index contributed by atoms with van der Waals surface area (Å²) in [6, 6.07) is 0. The van der Waals surface area contributed by atoms with Gasteiger partial charge in [0.2, 0.25) is 0 Å². The summed E-state index contributed by atoms with van der Waals surface area (Å²) < 4.78 is 16.1. The van der Waals surface area contributed by atoms with Crippen molar-refractivity contribution in [1.82, 2.24) is 0 Å². The number of halogens is 1. The molecule has 3 nitrogen and oxygen atoms in total. The molecular weight excluding hydrogens is 288 g/mol. The Morgan fingerprint density at radius 1 is 0.524 bits per heavy atom. The smallest absolute Gasteiger partial charge is 0.0701 e. The largest absolute Gasteiger partial charge is 0.379 e. The number of alkyl halides is 1. The van der Waals surface area contributed by atoms with Crippen molar-refractivity contribution >= 4 is 11.6 Å². The highest BCUT2D eigenvalue weighted by Crippen LogP contribution is 2.09. The Bertz CT molecular complexity index is 161. The summed E-state index contributed by atoms with van der Waals surface area (Å²) >= 11 is 5.49. The second-order valence-electron chi connectivity index (χ2n) is 5.35. The Morgan fingerprint density at radius 3 is 1.48 bits per heavy atom. The maximum absolute atomic E-state index is 5.53. The molecule has 4 heteroatoms. The van der Waals surface area contributed by atoms with Crippen molar-refractivity contribution in [2.75, 3.05) is 45.5 Å². The van der Waals surface area contributed by atoms with Crippen LogP contribution in [0.2, 0.25) is 0 Å². The Labute approximate surface area is 136 Å². The molecule has 0 atom stereocenters. The zero-order valence-corrected chi connectivity index (χ0v) is 14.7.